The SMILES string of the molecule is CC(=O)Nc1sc2c(c1C(C)=O)CCCCC2. The molecule has 1 aromatic rings. The van der Waals surface area contributed by atoms with E-state index in [1.165, 1.54) is 30.2 Å². The van der Waals surface area contributed by atoms with E-state index in [4.69, 9.17) is 0 Å². The lowest BCUT2D eigenvalue weighted by molar-refractivity contribution is -0.114. The van der Waals surface area contributed by atoms with Crippen LogP contribution in [0.1, 0.15) is 53.9 Å². The summed E-state index contributed by atoms with van der Waals surface area (Å²) in [5.41, 5.74) is 1.94. The molecule has 0 atom stereocenters. The van der Waals surface area contributed by atoms with Crippen molar-refractivity contribution >= 4 is 28.0 Å². The fourth-order valence-electron chi connectivity index (χ4n) is 2.36. The van der Waals surface area contributed by atoms with E-state index in [9.17, 15) is 9.59 Å². The van der Waals surface area contributed by atoms with Crippen LogP contribution in [0.2, 0.25) is 0 Å². The number of hydrogen-bond acceptors (Lipinski definition) is 3. The topological polar surface area (TPSA) is 46.2 Å². The van der Waals surface area contributed by atoms with E-state index in [2.05, 4.69) is 5.32 Å². The first-order valence-electron chi connectivity index (χ1n) is 6.02. The molecule has 1 amide bonds. The lowest BCUT2D eigenvalue weighted by Gasteiger charge is -2.04. The molecule has 1 aliphatic carbocycles. The van der Waals surface area contributed by atoms with E-state index in [1.54, 1.807) is 18.3 Å². The number of amides is 1. The molecule has 92 valence electrons. The Hall–Kier alpha value is -1.16. The number of anilines is 1. The Labute approximate surface area is 105 Å². The van der Waals surface area contributed by atoms with Gasteiger partial charge in [0.05, 0.1) is 5.56 Å². The van der Waals surface area contributed by atoms with Gasteiger partial charge in [-0.3, -0.25) is 9.59 Å². The monoisotopic (exact) mass is 251 g/mol. The van der Waals surface area contributed by atoms with Gasteiger partial charge in [0, 0.05) is 11.8 Å². The third-order valence-corrected chi connectivity index (χ3v) is 4.27. The summed E-state index contributed by atoms with van der Waals surface area (Å²) in [7, 11) is 0. The quantitative estimate of drug-likeness (QED) is 0.648. The molecule has 1 aliphatic rings. The van der Waals surface area contributed by atoms with Gasteiger partial charge in [0.15, 0.2) is 5.78 Å². The molecule has 1 heterocycles. The summed E-state index contributed by atoms with van der Waals surface area (Å²) < 4.78 is 0. The Balaban J connectivity index is 2.46. The molecule has 0 spiro atoms. The Kier molecular flexibility index (Phi) is 3.62. The number of carbonyl (C=O) groups excluding carboxylic acids is 2. The maximum Gasteiger partial charge on any atom is 0.221 e. The van der Waals surface area contributed by atoms with E-state index in [0.29, 0.717) is 0 Å². The lowest BCUT2D eigenvalue weighted by Crippen LogP contribution is -2.08. The van der Waals surface area contributed by atoms with E-state index < -0.39 is 0 Å². The second kappa shape index (κ2) is 5.00. The number of fused-ring (bicyclic) bond motifs is 1. The summed E-state index contributed by atoms with van der Waals surface area (Å²) in [5.74, 6) is -0.0444. The van der Waals surface area contributed by atoms with Crippen LogP contribution < -0.4 is 5.32 Å². The zero-order valence-corrected chi connectivity index (χ0v) is 11.1. The van der Waals surface area contributed by atoms with Crippen LogP contribution in [0, 0.1) is 0 Å². The third-order valence-electron chi connectivity index (χ3n) is 3.06. The number of rotatable bonds is 2. The van der Waals surface area contributed by atoms with Crippen molar-refractivity contribution in [3.63, 3.8) is 0 Å². The van der Waals surface area contributed by atoms with Gasteiger partial charge in [-0.05, 0) is 38.2 Å². The second-order valence-corrected chi connectivity index (χ2v) is 5.61. The Morgan fingerprint density at radius 2 is 1.82 bits per heavy atom. The van der Waals surface area contributed by atoms with Crippen molar-refractivity contribution in [2.45, 2.75) is 46.0 Å². The van der Waals surface area contributed by atoms with Crippen molar-refractivity contribution in [3.8, 4) is 0 Å². The van der Waals surface area contributed by atoms with Crippen LogP contribution >= 0.6 is 11.3 Å². The van der Waals surface area contributed by atoms with Crippen LogP contribution in [-0.4, -0.2) is 11.7 Å². The first kappa shape index (κ1) is 12.3. The van der Waals surface area contributed by atoms with Gasteiger partial charge in [-0.2, -0.15) is 0 Å². The molecule has 17 heavy (non-hydrogen) atoms. The van der Waals surface area contributed by atoms with Gasteiger partial charge in [-0.25, -0.2) is 0 Å². The average Bonchev–Trinajstić information content (AvgIpc) is 2.42. The van der Waals surface area contributed by atoms with Crippen LogP contribution in [-0.2, 0) is 17.6 Å². The van der Waals surface area contributed by atoms with Gasteiger partial charge in [-0.1, -0.05) is 6.42 Å². The Morgan fingerprint density at radius 1 is 1.12 bits per heavy atom. The third kappa shape index (κ3) is 2.57. The van der Waals surface area contributed by atoms with Gasteiger partial charge in [0.2, 0.25) is 5.91 Å². The maximum atomic E-state index is 11.7. The lowest BCUT2D eigenvalue weighted by atomic mass is 10.0. The Bertz CT molecular complexity index is 462. The predicted molar refractivity (Wildman–Crippen MR) is 69.9 cm³/mol. The molecule has 0 bridgehead atoms. The van der Waals surface area contributed by atoms with E-state index >= 15 is 0 Å². The smallest absolute Gasteiger partial charge is 0.221 e. The highest BCUT2D eigenvalue weighted by molar-refractivity contribution is 7.17. The van der Waals surface area contributed by atoms with Crippen molar-refractivity contribution in [2.24, 2.45) is 0 Å². The fraction of sp³-hybridized carbons (Fsp3) is 0.538. The number of carbonyl (C=O) groups is 2. The van der Waals surface area contributed by atoms with Crippen LogP contribution in [0.3, 0.4) is 0 Å². The number of ketones is 1. The van der Waals surface area contributed by atoms with E-state index in [0.717, 1.165) is 29.8 Å². The largest absolute Gasteiger partial charge is 0.317 e. The molecule has 0 aliphatic heterocycles. The van der Waals surface area contributed by atoms with Crippen molar-refractivity contribution < 1.29 is 9.59 Å². The summed E-state index contributed by atoms with van der Waals surface area (Å²) in [6, 6.07) is 0. The zero-order valence-electron chi connectivity index (χ0n) is 10.3. The number of thiophene rings is 1. The maximum absolute atomic E-state index is 11.7. The predicted octanol–water partition coefficient (Wildman–Crippen LogP) is 3.18. The molecule has 0 fully saturated rings. The zero-order chi connectivity index (χ0) is 12.4. The van der Waals surface area contributed by atoms with Gasteiger partial charge in [0.25, 0.3) is 0 Å². The number of hydrogen-bond donors (Lipinski definition) is 1. The van der Waals surface area contributed by atoms with Gasteiger partial charge >= 0.3 is 0 Å². The molecule has 1 N–H and O–H groups in total. The highest BCUT2D eigenvalue weighted by Crippen LogP contribution is 2.37. The normalized spacial score (nSPS) is 14.9. The van der Waals surface area contributed by atoms with Crippen LogP contribution in [0.25, 0.3) is 0 Å². The Morgan fingerprint density at radius 3 is 2.47 bits per heavy atom. The molecule has 0 aromatic carbocycles. The standard InChI is InChI=1S/C13H17NO2S/c1-8(15)12-10-6-4-3-5-7-11(10)17-13(12)14-9(2)16/h3-7H2,1-2H3,(H,14,16). The summed E-state index contributed by atoms with van der Waals surface area (Å²) in [6.07, 6.45) is 5.57. The highest BCUT2D eigenvalue weighted by Gasteiger charge is 2.22. The average molecular weight is 251 g/mol. The molecule has 3 nitrogen and oxygen atoms in total. The van der Waals surface area contributed by atoms with Crippen molar-refractivity contribution in [1.82, 2.24) is 0 Å². The van der Waals surface area contributed by atoms with Crippen molar-refractivity contribution in [2.75, 3.05) is 5.32 Å². The summed E-state index contributed by atoms with van der Waals surface area (Å²) in [4.78, 5) is 24.2. The van der Waals surface area contributed by atoms with Crippen LogP contribution in [0.5, 0.6) is 0 Å². The summed E-state index contributed by atoms with van der Waals surface area (Å²) in [5, 5.41) is 3.54. The number of Topliss-reactive ketones (excluding diaryl/α,β-unsaturated/α-hetero) is 1. The molecule has 0 saturated heterocycles. The van der Waals surface area contributed by atoms with Gasteiger partial charge in [-0.15, -0.1) is 11.3 Å². The molecular formula is C13H17NO2S. The molecule has 0 saturated carbocycles. The molecule has 2 rings (SSSR count). The molecule has 0 unspecified atom stereocenters. The number of nitrogens with one attached hydrogen (secondary N) is 1. The minimum atomic E-state index is -0.107. The van der Waals surface area contributed by atoms with Crippen molar-refractivity contribution in [3.05, 3.63) is 16.0 Å². The van der Waals surface area contributed by atoms with Crippen LogP contribution in [0.15, 0.2) is 0 Å². The molecule has 1 aromatic heterocycles. The van der Waals surface area contributed by atoms with Gasteiger partial charge < -0.3 is 5.32 Å². The first-order valence-corrected chi connectivity index (χ1v) is 6.84. The first-order chi connectivity index (χ1) is 8.09. The highest BCUT2D eigenvalue weighted by atomic mass is 32.1. The summed E-state index contributed by atoms with van der Waals surface area (Å²) in [6.45, 7) is 3.06. The molecular weight excluding hydrogens is 234 g/mol. The summed E-state index contributed by atoms with van der Waals surface area (Å²) >= 11 is 1.58. The molecule has 4 heteroatoms. The second-order valence-electron chi connectivity index (χ2n) is 4.51. The molecule has 0 radical (unpaired) electrons. The number of aryl methyl sites for hydroxylation is 1. The minimum Gasteiger partial charge on any atom is -0.317 e. The van der Waals surface area contributed by atoms with Crippen molar-refractivity contribution in [1.29, 1.82) is 0 Å². The minimum absolute atomic E-state index is 0.0631. The van der Waals surface area contributed by atoms with Gasteiger partial charge in [0.1, 0.15) is 5.00 Å². The van der Waals surface area contributed by atoms with Crippen LogP contribution in [0.4, 0.5) is 5.00 Å². The van der Waals surface area contributed by atoms with E-state index in [1.807, 2.05) is 0 Å². The van der Waals surface area contributed by atoms with E-state index in [-0.39, 0.29) is 11.7 Å². The fourth-order valence-corrected chi connectivity index (χ4v) is 3.75.